The van der Waals surface area contributed by atoms with Gasteiger partial charge in [0.15, 0.2) is 6.10 Å². The van der Waals surface area contributed by atoms with Crippen molar-refractivity contribution in [2.75, 3.05) is 25.3 Å². The smallest absolute Gasteiger partial charge is 0.262 e. The highest BCUT2D eigenvalue weighted by molar-refractivity contribution is 6.30. The summed E-state index contributed by atoms with van der Waals surface area (Å²) >= 11 is 5.99. The van der Waals surface area contributed by atoms with Crippen LogP contribution in [0.15, 0.2) is 48.8 Å². The van der Waals surface area contributed by atoms with Crippen LogP contribution < -0.4 is 5.06 Å². The average Bonchev–Trinajstić information content (AvgIpc) is 3.19. The fourth-order valence-corrected chi connectivity index (χ4v) is 3.71. The number of carbonyl (C=O) groups excluding carboxylic acids is 2. The predicted octanol–water partition coefficient (Wildman–Crippen LogP) is 2.23. The number of methoxy groups -OCH3 is 1. The maximum atomic E-state index is 13.0. The third kappa shape index (κ3) is 3.07. The van der Waals surface area contributed by atoms with E-state index in [1.54, 1.807) is 41.7 Å². The number of ether oxygens (including phenoxy) is 1. The van der Waals surface area contributed by atoms with E-state index in [4.69, 9.17) is 21.2 Å². The molecule has 2 saturated heterocycles. The largest absolute Gasteiger partial charge is 0.383 e. The Morgan fingerprint density at radius 1 is 1.11 bits per heavy atom. The summed E-state index contributed by atoms with van der Waals surface area (Å²) in [6.07, 6.45) is 2.46. The molecule has 1 aromatic heterocycles. The fraction of sp³-hybridized carbons (Fsp3) is 0.316. The summed E-state index contributed by atoms with van der Waals surface area (Å²) in [5.41, 5.74) is 1.57. The van der Waals surface area contributed by atoms with Gasteiger partial charge in [-0.25, -0.2) is 5.06 Å². The van der Waals surface area contributed by atoms with Crippen molar-refractivity contribution in [1.29, 1.82) is 0 Å². The van der Waals surface area contributed by atoms with E-state index in [2.05, 4.69) is 4.98 Å². The highest BCUT2D eigenvalue weighted by atomic mass is 35.5. The molecule has 27 heavy (non-hydrogen) atoms. The Balaban J connectivity index is 1.73. The average molecular weight is 388 g/mol. The Morgan fingerprint density at radius 3 is 2.48 bits per heavy atom. The predicted molar refractivity (Wildman–Crippen MR) is 97.9 cm³/mol. The number of imide groups is 1. The first-order chi connectivity index (χ1) is 13.1. The summed E-state index contributed by atoms with van der Waals surface area (Å²) in [4.78, 5) is 37.1. The van der Waals surface area contributed by atoms with Crippen LogP contribution in [0.2, 0.25) is 5.02 Å². The van der Waals surface area contributed by atoms with Crippen LogP contribution in [0, 0.1) is 5.92 Å². The van der Waals surface area contributed by atoms with Gasteiger partial charge in [0.25, 0.3) is 5.91 Å². The van der Waals surface area contributed by atoms with Crippen LogP contribution in [-0.4, -0.2) is 48.1 Å². The third-order valence-electron chi connectivity index (χ3n) is 4.85. The number of amides is 2. The van der Waals surface area contributed by atoms with Crippen molar-refractivity contribution < 1.29 is 19.2 Å². The van der Waals surface area contributed by atoms with Crippen LogP contribution in [0.1, 0.15) is 11.6 Å². The number of hydrogen-bond acceptors (Lipinski definition) is 6. The molecule has 0 radical (unpaired) electrons. The van der Waals surface area contributed by atoms with Crippen molar-refractivity contribution >= 4 is 29.1 Å². The van der Waals surface area contributed by atoms with Crippen molar-refractivity contribution in [2.45, 2.75) is 12.1 Å². The number of anilines is 1. The summed E-state index contributed by atoms with van der Waals surface area (Å²) in [6.45, 7) is 0.506. The molecule has 2 fully saturated rings. The number of halogens is 1. The molecular weight excluding hydrogens is 370 g/mol. The van der Waals surface area contributed by atoms with Crippen molar-refractivity contribution in [3.63, 3.8) is 0 Å². The van der Waals surface area contributed by atoms with Gasteiger partial charge < -0.3 is 4.74 Å². The van der Waals surface area contributed by atoms with Gasteiger partial charge in [-0.15, -0.1) is 0 Å². The lowest BCUT2D eigenvalue weighted by Crippen LogP contribution is -2.39. The maximum absolute atomic E-state index is 13.0. The van der Waals surface area contributed by atoms with Crippen molar-refractivity contribution in [2.24, 2.45) is 5.92 Å². The number of rotatable bonds is 5. The first kappa shape index (κ1) is 17.9. The molecule has 2 aliphatic rings. The zero-order valence-corrected chi connectivity index (χ0v) is 15.4. The van der Waals surface area contributed by atoms with Gasteiger partial charge in [0.1, 0.15) is 5.92 Å². The molecule has 2 amide bonds. The Labute approximate surface area is 161 Å². The van der Waals surface area contributed by atoms with E-state index in [-0.39, 0.29) is 25.0 Å². The number of nitrogens with zero attached hydrogens (tertiary/aromatic N) is 3. The first-order valence-corrected chi connectivity index (χ1v) is 8.95. The number of carbonyl (C=O) groups is 2. The number of likely N-dealkylation sites (tertiary alicyclic amines) is 1. The summed E-state index contributed by atoms with van der Waals surface area (Å²) in [7, 11) is 1.53. The topological polar surface area (TPSA) is 72.0 Å². The first-order valence-electron chi connectivity index (χ1n) is 8.57. The molecule has 0 unspecified atom stereocenters. The van der Waals surface area contributed by atoms with E-state index >= 15 is 0 Å². The van der Waals surface area contributed by atoms with Crippen LogP contribution in [0.25, 0.3) is 0 Å². The number of fused-ring (bicyclic) bond motifs is 1. The quantitative estimate of drug-likeness (QED) is 0.733. The Hall–Kier alpha value is -2.48. The molecule has 2 aliphatic heterocycles. The van der Waals surface area contributed by atoms with Crippen LogP contribution in [-0.2, 0) is 19.2 Å². The van der Waals surface area contributed by atoms with E-state index in [0.29, 0.717) is 5.02 Å². The lowest BCUT2D eigenvalue weighted by Gasteiger charge is -2.28. The minimum Gasteiger partial charge on any atom is -0.383 e. The van der Waals surface area contributed by atoms with Gasteiger partial charge in [0.05, 0.1) is 24.9 Å². The van der Waals surface area contributed by atoms with E-state index in [1.807, 2.05) is 12.1 Å². The zero-order valence-electron chi connectivity index (χ0n) is 14.6. The van der Waals surface area contributed by atoms with Gasteiger partial charge in [0, 0.05) is 24.5 Å². The molecule has 7 nitrogen and oxygen atoms in total. The Bertz CT molecular complexity index is 846. The lowest BCUT2D eigenvalue weighted by atomic mass is 9.91. The molecule has 0 N–H and O–H groups in total. The molecule has 3 heterocycles. The number of pyridine rings is 1. The summed E-state index contributed by atoms with van der Waals surface area (Å²) in [5.74, 6) is -1.22. The maximum Gasteiger partial charge on any atom is 0.262 e. The molecule has 8 heteroatoms. The number of benzene rings is 1. The third-order valence-corrected chi connectivity index (χ3v) is 5.11. The van der Waals surface area contributed by atoms with Crippen LogP contribution in [0.5, 0.6) is 0 Å². The highest BCUT2D eigenvalue weighted by Crippen LogP contribution is 2.46. The fourth-order valence-electron chi connectivity index (χ4n) is 3.59. The second kappa shape index (κ2) is 7.26. The standard InChI is InChI=1S/C19H18ClN3O4/c1-26-11-10-22-18(24)15-16(12-6-8-21-9-7-12)23(27-17(15)19(22)25)14-4-2-13(20)3-5-14/h2-9,15-17H,10-11H2,1H3/t15-,16-,17+/m0/s1. The second-order valence-electron chi connectivity index (χ2n) is 6.40. The lowest BCUT2D eigenvalue weighted by molar-refractivity contribution is -0.143. The van der Waals surface area contributed by atoms with E-state index in [9.17, 15) is 9.59 Å². The summed E-state index contributed by atoms with van der Waals surface area (Å²) in [6, 6.07) is 10.3. The number of aromatic nitrogens is 1. The zero-order chi connectivity index (χ0) is 19.0. The SMILES string of the molecule is COCCN1C(=O)[C@@H]2[C@@H](ON(c3ccc(Cl)cc3)[C@H]2c2ccncc2)C1=O. The molecule has 3 atom stereocenters. The molecule has 140 valence electrons. The molecule has 2 aromatic rings. The molecule has 4 rings (SSSR count). The van der Waals surface area contributed by atoms with Gasteiger partial charge in [0.2, 0.25) is 5.91 Å². The molecule has 0 spiro atoms. The normalized spacial score (nSPS) is 24.6. The molecule has 0 aliphatic carbocycles. The van der Waals surface area contributed by atoms with Gasteiger partial charge >= 0.3 is 0 Å². The second-order valence-corrected chi connectivity index (χ2v) is 6.84. The van der Waals surface area contributed by atoms with Crippen LogP contribution in [0.3, 0.4) is 0 Å². The van der Waals surface area contributed by atoms with Crippen molar-refractivity contribution in [1.82, 2.24) is 9.88 Å². The highest BCUT2D eigenvalue weighted by Gasteiger charge is 2.59. The van der Waals surface area contributed by atoms with E-state index in [1.165, 1.54) is 12.0 Å². The minimum absolute atomic E-state index is 0.217. The van der Waals surface area contributed by atoms with Gasteiger partial charge in [-0.1, -0.05) is 11.6 Å². The summed E-state index contributed by atoms with van der Waals surface area (Å²) < 4.78 is 5.02. The molecular formula is C19H18ClN3O4. The minimum atomic E-state index is -0.858. The molecule has 0 saturated carbocycles. The molecule has 1 aromatic carbocycles. The number of hydrogen-bond donors (Lipinski definition) is 0. The van der Waals surface area contributed by atoms with Gasteiger partial charge in [-0.3, -0.25) is 24.3 Å². The van der Waals surface area contributed by atoms with Gasteiger partial charge in [-0.05, 0) is 42.0 Å². The van der Waals surface area contributed by atoms with E-state index < -0.39 is 18.1 Å². The van der Waals surface area contributed by atoms with Crippen molar-refractivity contribution in [3.05, 3.63) is 59.4 Å². The van der Waals surface area contributed by atoms with Gasteiger partial charge in [-0.2, -0.15) is 0 Å². The number of hydroxylamine groups is 1. The Morgan fingerprint density at radius 2 is 1.81 bits per heavy atom. The van der Waals surface area contributed by atoms with E-state index in [0.717, 1.165) is 11.3 Å². The molecule has 0 bridgehead atoms. The van der Waals surface area contributed by atoms with Crippen molar-refractivity contribution in [3.8, 4) is 0 Å². The summed E-state index contributed by atoms with van der Waals surface area (Å²) in [5, 5.41) is 2.22. The Kier molecular flexibility index (Phi) is 4.82. The van der Waals surface area contributed by atoms with Crippen LogP contribution in [0.4, 0.5) is 5.69 Å². The monoisotopic (exact) mass is 387 g/mol. The van der Waals surface area contributed by atoms with Crippen LogP contribution >= 0.6 is 11.6 Å².